The molecule has 1 aliphatic rings. The van der Waals surface area contributed by atoms with E-state index in [1.54, 1.807) is 12.4 Å². The Morgan fingerprint density at radius 2 is 2.00 bits per heavy atom. The van der Waals surface area contributed by atoms with Crippen molar-refractivity contribution in [3.63, 3.8) is 0 Å². The van der Waals surface area contributed by atoms with Crippen LogP contribution < -0.4 is 0 Å². The Bertz CT molecular complexity index is 340. The maximum absolute atomic E-state index is 11.3. The maximum Gasteiger partial charge on any atom is 0.158 e. The number of hydrogen-bond acceptors (Lipinski definition) is 2. The van der Waals surface area contributed by atoms with E-state index in [0.29, 0.717) is 5.78 Å². The fourth-order valence-corrected chi connectivity index (χ4v) is 1.55. The molecule has 13 heavy (non-hydrogen) atoms. The van der Waals surface area contributed by atoms with E-state index in [9.17, 15) is 4.79 Å². The molecule has 1 fully saturated rings. The van der Waals surface area contributed by atoms with Crippen molar-refractivity contribution in [1.29, 1.82) is 0 Å². The lowest BCUT2D eigenvalue weighted by molar-refractivity contribution is -0.114. The van der Waals surface area contributed by atoms with Crippen LogP contribution in [-0.4, -0.2) is 10.8 Å². The first-order chi connectivity index (χ1) is 6.36. The summed E-state index contributed by atoms with van der Waals surface area (Å²) in [5.74, 6) is 0.303. The highest BCUT2D eigenvalue weighted by molar-refractivity contribution is 6.01. The second-order valence-electron chi connectivity index (χ2n) is 3.23. The Balaban J connectivity index is 2.25. The van der Waals surface area contributed by atoms with Gasteiger partial charge in [0, 0.05) is 18.8 Å². The average molecular weight is 173 g/mol. The third-order valence-electron chi connectivity index (χ3n) is 2.26. The summed E-state index contributed by atoms with van der Waals surface area (Å²) in [5, 5.41) is 0. The molecule has 0 saturated heterocycles. The molecule has 1 saturated carbocycles. The number of pyridine rings is 1. The third kappa shape index (κ3) is 1.83. The van der Waals surface area contributed by atoms with Gasteiger partial charge < -0.3 is 0 Å². The molecule has 0 unspecified atom stereocenters. The quantitative estimate of drug-likeness (QED) is 0.609. The first-order valence-corrected chi connectivity index (χ1v) is 4.50. The molecular formula is C11H11NO. The molecule has 2 heteroatoms. The highest BCUT2D eigenvalue weighted by Gasteiger charge is 2.16. The number of nitrogens with zero attached hydrogens (tertiary/aromatic N) is 1. The topological polar surface area (TPSA) is 30.0 Å². The second-order valence-corrected chi connectivity index (χ2v) is 3.23. The number of ketones is 1. The molecule has 1 aliphatic carbocycles. The molecule has 2 rings (SSSR count). The highest BCUT2D eigenvalue weighted by Crippen LogP contribution is 2.22. The fourth-order valence-electron chi connectivity index (χ4n) is 1.55. The molecule has 0 atom stereocenters. The molecule has 1 aromatic heterocycles. The van der Waals surface area contributed by atoms with E-state index >= 15 is 0 Å². The van der Waals surface area contributed by atoms with E-state index in [4.69, 9.17) is 0 Å². The van der Waals surface area contributed by atoms with Gasteiger partial charge in [0.15, 0.2) is 5.78 Å². The number of hydrogen-bond donors (Lipinski definition) is 0. The minimum absolute atomic E-state index is 0.303. The van der Waals surface area contributed by atoms with Crippen LogP contribution in [0.25, 0.3) is 6.08 Å². The van der Waals surface area contributed by atoms with Crippen LogP contribution in [0.5, 0.6) is 0 Å². The van der Waals surface area contributed by atoms with Crippen molar-refractivity contribution in [2.24, 2.45) is 0 Å². The lowest BCUT2D eigenvalue weighted by Gasteiger charge is -1.94. The van der Waals surface area contributed by atoms with E-state index in [1.807, 2.05) is 18.2 Å². The maximum atomic E-state index is 11.3. The fraction of sp³-hybridized carbons (Fsp3) is 0.273. The van der Waals surface area contributed by atoms with Crippen molar-refractivity contribution in [3.8, 4) is 0 Å². The monoisotopic (exact) mass is 173 g/mol. The number of carbonyl (C=O) groups is 1. The lowest BCUT2D eigenvalue weighted by atomic mass is 10.1. The molecule has 0 radical (unpaired) electrons. The molecule has 66 valence electrons. The van der Waals surface area contributed by atoms with Gasteiger partial charge in [-0.1, -0.05) is 0 Å². The van der Waals surface area contributed by atoms with Gasteiger partial charge in [0.05, 0.1) is 0 Å². The van der Waals surface area contributed by atoms with Crippen molar-refractivity contribution in [2.75, 3.05) is 0 Å². The van der Waals surface area contributed by atoms with Crippen LogP contribution in [0.15, 0.2) is 30.1 Å². The van der Waals surface area contributed by atoms with Gasteiger partial charge >= 0.3 is 0 Å². The summed E-state index contributed by atoms with van der Waals surface area (Å²) in [5.41, 5.74) is 2.03. The largest absolute Gasteiger partial charge is 0.295 e. The predicted octanol–water partition coefficient (Wildman–Crippen LogP) is 2.22. The number of allylic oxidation sites excluding steroid dienone is 1. The van der Waals surface area contributed by atoms with Crippen molar-refractivity contribution < 1.29 is 4.79 Å². The van der Waals surface area contributed by atoms with E-state index < -0.39 is 0 Å². The molecule has 1 heterocycles. The third-order valence-corrected chi connectivity index (χ3v) is 2.26. The zero-order valence-corrected chi connectivity index (χ0v) is 7.36. The summed E-state index contributed by atoms with van der Waals surface area (Å²) in [6.07, 6.45) is 8.11. The normalized spacial score (nSPS) is 19.7. The first kappa shape index (κ1) is 8.17. The van der Waals surface area contributed by atoms with Gasteiger partial charge in [-0.15, -0.1) is 0 Å². The Hall–Kier alpha value is -1.44. The van der Waals surface area contributed by atoms with Gasteiger partial charge in [-0.3, -0.25) is 9.78 Å². The highest BCUT2D eigenvalue weighted by atomic mass is 16.1. The van der Waals surface area contributed by atoms with Crippen LogP contribution in [0, 0.1) is 0 Å². The van der Waals surface area contributed by atoms with Gasteiger partial charge in [-0.2, -0.15) is 0 Å². The number of aromatic nitrogens is 1. The Labute approximate surface area is 77.3 Å². The molecule has 0 N–H and O–H groups in total. The molecular weight excluding hydrogens is 162 g/mol. The zero-order valence-electron chi connectivity index (χ0n) is 7.36. The first-order valence-electron chi connectivity index (χ1n) is 4.50. The van der Waals surface area contributed by atoms with Gasteiger partial charge in [0.1, 0.15) is 0 Å². The minimum Gasteiger partial charge on any atom is -0.295 e. The van der Waals surface area contributed by atoms with Gasteiger partial charge in [-0.25, -0.2) is 0 Å². The van der Waals surface area contributed by atoms with E-state index in [2.05, 4.69) is 4.98 Å². The lowest BCUT2D eigenvalue weighted by Crippen LogP contribution is -1.90. The second kappa shape index (κ2) is 3.52. The number of Topliss-reactive ketones (excluding diaryl/α,β-unsaturated/α-hetero) is 1. The molecule has 0 bridgehead atoms. The smallest absolute Gasteiger partial charge is 0.158 e. The van der Waals surface area contributed by atoms with Crippen molar-refractivity contribution in [2.45, 2.75) is 19.3 Å². The van der Waals surface area contributed by atoms with Crippen LogP contribution >= 0.6 is 0 Å². The summed E-state index contributed by atoms with van der Waals surface area (Å²) in [6, 6.07) is 3.83. The van der Waals surface area contributed by atoms with E-state index in [1.165, 1.54) is 0 Å². The van der Waals surface area contributed by atoms with E-state index in [-0.39, 0.29) is 0 Å². The van der Waals surface area contributed by atoms with Crippen LogP contribution in [0.4, 0.5) is 0 Å². The van der Waals surface area contributed by atoms with Crippen LogP contribution in [-0.2, 0) is 4.79 Å². The minimum atomic E-state index is 0.303. The van der Waals surface area contributed by atoms with Crippen LogP contribution in [0.2, 0.25) is 0 Å². The summed E-state index contributed by atoms with van der Waals surface area (Å²) in [7, 11) is 0. The molecule has 0 aliphatic heterocycles. The van der Waals surface area contributed by atoms with Crippen molar-refractivity contribution >= 4 is 11.9 Å². The van der Waals surface area contributed by atoms with Crippen molar-refractivity contribution in [1.82, 2.24) is 4.98 Å². The molecule has 0 amide bonds. The van der Waals surface area contributed by atoms with Gasteiger partial charge in [0.2, 0.25) is 0 Å². The predicted molar refractivity (Wildman–Crippen MR) is 51.1 cm³/mol. The summed E-state index contributed by atoms with van der Waals surface area (Å²) >= 11 is 0. The Morgan fingerprint density at radius 1 is 1.23 bits per heavy atom. The number of carbonyl (C=O) groups excluding carboxylic acids is 1. The molecule has 0 spiro atoms. The van der Waals surface area contributed by atoms with Crippen LogP contribution in [0.1, 0.15) is 24.8 Å². The molecule has 0 aromatic carbocycles. The Kier molecular flexibility index (Phi) is 2.21. The van der Waals surface area contributed by atoms with Crippen LogP contribution in [0.3, 0.4) is 0 Å². The average Bonchev–Trinajstić information content (AvgIpc) is 2.54. The Morgan fingerprint density at radius 3 is 2.62 bits per heavy atom. The number of rotatable bonds is 1. The zero-order chi connectivity index (χ0) is 9.10. The summed E-state index contributed by atoms with van der Waals surface area (Å²) < 4.78 is 0. The molecule has 2 nitrogen and oxygen atoms in total. The SMILES string of the molecule is O=C1CCC/C1=C\c1ccncc1. The van der Waals surface area contributed by atoms with Gasteiger partial charge in [0.25, 0.3) is 0 Å². The molecule has 1 aromatic rings. The van der Waals surface area contributed by atoms with Crippen molar-refractivity contribution in [3.05, 3.63) is 35.7 Å². The van der Waals surface area contributed by atoms with Gasteiger partial charge in [-0.05, 0) is 42.2 Å². The summed E-state index contributed by atoms with van der Waals surface area (Å²) in [6.45, 7) is 0. The summed E-state index contributed by atoms with van der Waals surface area (Å²) in [4.78, 5) is 15.2. The van der Waals surface area contributed by atoms with E-state index in [0.717, 1.165) is 30.4 Å². The standard InChI is InChI=1S/C11H11NO/c13-11-3-1-2-10(11)8-9-4-6-12-7-5-9/h4-8H,1-3H2/b10-8+.